The molecule has 0 unspecified atom stereocenters. The predicted octanol–water partition coefficient (Wildman–Crippen LogP) is 6.12. The normalized spacial score (nSPS) is 11.5. The first-order valence-corrected chi connectivity index (χ1v) is 12.4. The average Bonchev–Trinajstić information content (AvgIpc) is 2.74. The fraction of sp³-hybridized carbons (Fsp3) is 0.174. The molecule has 3 aromatic carbocycles. The van der Waals surface area contributed by atoms with Crippen LogP contribution in [-0.2, 0) is 16.6 Å². The van der Waals surface area contributed by atoms with Crippen molar-refractivity contribution < 1.29 is 17.9 Å². The number of carbonyl (C=O) groups excluding carboxylic acids is 1. The van der Waals surface area contributed by atoms with Crippen molar-refractivity contribution in [2.45, 2.75) is 18.4 Å². The van der Waals surface area contributed by atoms with Crippen molar-refractivity contribution in [2.24, 2.45) is 0 Å². The molecule has 174 valence electrons. The number of nitrogens with zero attached hydrogens (tertiary/aromatic N) is 1. The van der Waals surface area contributed by atoms with Crippen LogP contribution in [0.4, 0.5) is 5.69 Å². The van der Waals surface area contributed by atoms with E-state index >= 15 is 0 Å². The molecule has 0 radical (unpaired) electrons. The monoisotopic (exact) mass is 526 g/mol. The van der Waals surface area contributed by atoms with E-state index in [2.05, 4.69) is 5.32 Å². The third-order valence-corrected chi connectivity index (χ3v) is 7.16. The number of anilines is 1. The minimum atomic E-state index is -3.79. The summed E-state index contributed by atoms with van der Waals surface area (Å²) in [7, 11) is -2.33. The molecule has 6 nitrogen and oxygen atoms in total. The number of benzene rings is 3. The average molecular weight is 528 g/mol. The highest BCUT2D eigenvalue weighted by molar-refractivity contribution is 7.89. The first-order chi connectivity index (χ1) is 15.6. The molecule has 0 bridgehead atoms. The molecule has 0 aliphatic rings. The van der Waals surface area contributed by atoms with Crippen LogP contribution in [-0.4, -0.2) is 32.3 Å². The maximum Gasteiger partial charge on any atom is 0.255 e. The summed E-state index contributed by atoms with van der Waals surface area (Å²) in [5.74, 6) is 0.0823. The van der Waals surface area contributed by atoms with E-state index < -0.39 is 15.9 Å². The van der Waals surface area contributed by atoms with Gasteiger partial charge in [-0.15, -0.1) is 0 Å². The second-order valence-corrected chi connectivity index (χ2v) is 10.4. The molecule has 1 amide bonds. The molecule has 0 aliphatic carbocycles. The minimum absolute atomic E-state index is 0.00952. The zero-order chi connectivity index (χ0) is 24.2. The van der Waals surface area contributed by atoms with Gasteiger partial charge >= 0.3 is 0 Å². The number of sulfonamides is 1. The van der Waals surface area contributed by atoms with Crippen molar-refractivity contribution in [3.63, 3.8) is 0 Å². The topological polar surface area (TPSA) is 75.7 Å². The maximum absolute atomic E-state index is 13.0. The second-order valence-electron chi connectivity index (χ2n) is 7.08. The lowest BCUT2D eigenvalue weighted by Crippen LogP contribution is -2.27. The lowest BCUT2D eigenvalue weighted by Gasteiger charge is -2.20. The Balaban J connectivity index is 1.88. The van der Waals surface area contributed by atoms with Crippen LogP contribution in [0.1, 0.15) is 22.8 Å². The molecule has 0 heterocycles. The van der Waals surface area contributed by atoms with Gasteiger partial charge in [-0.25, -0.2) is 8.42 Å². The van der Waals surface area contributed by atoms with Gasteiger partial charge in [0.1, 0.15) is 5.75 Å². The maximum atomic E-state index is 13.0. The van der Waals surface area contributed by atoms with E-state index in [-0.39, 0.29) is 11.4 Å². The summed E-state index contributed by atoms with van der Waals surface area (Å²) in [6.07, 6.45) is 0. The van der Waals surface area contributed by atoms with E-state index in [0.29, 0.717) is 44.2 Å². The highest BCUT2D eigenvalue weighted by atomic mass is 35.5. The lowest BCUT2D eigenvalue weighted by molar-refractivity contribution is 0.102. The largest absolute Gasteiger partial charge is 0.494 e. The summed E-state index contributed by atoms with van der Waals surface area (Å²) in [6, 6.07) is 15.5. The molecule has 1 N–H and O–H groups in total. The standard InChI is InChI=1S/C23H21Cl3N2O4S/c1-3-32-22-9-4-15(23(29)27-20-12-18(25)11-19(26)13-20)10-16(22)14-28(2)33(30,31)21-7-5-17(24)6-8-21/h4-13H,3,14H2,1-2H3,(H,27,29). The van der Waals surface area contributed by atoms with Crippen molar-refractivity contribution in [1.29, 1.82) is 0 Å². The SMILES string of the molecule is CCOc1ccc(C(=O)Nc2cc(Cl)cc(Cl)c2)cc1CN(C)S(=O)(=O)c1ccc(Cl)cc1. The number of ether oxygens (including phenoxy) is 1. The number of carbonyl (C=O) groups is 1. The van der Waals surface area contributed by atoms with Crippen LogP contribution in [0, 0.1) is 0 Å². The molecule has 0 saturated heterocycles. The third kappa shape index (κ3) is 6.40. The van der Waals surface area contributed by atoms with Crippen LogP contribution in [0.3, 0.4) is 0 Å². The lowest BCUT2D eigenvalue weighted by atomic mass is 10.1. The van der Waals surface area contributed by atoms with E-state index in [1.54, 1.807) is 36.4 Å². The molecule has 0 fully saturated rings. The Bertz CT molecular complexity index is 1240. The van der Waals surface area contributed by atoms with Gasteiger partial charge in [-0.2, -0.15) is 4.31 Å². The second kappa shape index (κ2) is 10.8. The van der Waals surface area contributed by atoms with Crippen LogP contribution in [0.15, 0.2) is 65.6 Å². The molecule has 0 saturated carbocycles. The van der Waals surface area contributed by atoms with Gasteiger partial charge in [0.25, 0.3) is 5.91 Å². The number of halogens is 3. The van der Waals surface area contributed by atoms with Gasteiger partial charge < -0.3 is 10.1 Å². The molecule has 3 aromatic rings. The number of nitrogens with one attached hydrogen (secondary N) is 1. The van der Waals surface area contributed by atoms with Crippen LogP contribution < -0.4 is 10.1 Å². The number of hydrogen-bond acceptors (Lipinski definition) is 4. The summed E-state index contributed by atoms with van der Waals surface area (Å²) >= 11 is 17.9. The minimum Gasteiger partial charge on any atom is -0.494 e. The highest BCUT2D eigenvalue weighted by Crippen LogP contribution is 2.27. The summed E-state index contributed by atoms with van der Waals surface area (Å²) in [5.41, 5.74) is 1.30. The molecule has 0 aliphatic heterocycles. The van der Waals surface area contributed by atoms with Crippen molar-refractivity contribution in [3.05, 3.63) is 86.9 Å². The number of amides is 1. The summed E-state index contributed by atoms with van der Waals surface area (Å²) in [6.45, 7) is 2.19. The van der Waals surface area contributed by atoms with E-state index in [1.165, 1.54) is 35.6 Å². The first kappa shape index (κ1) is 25.3. The zero-order valence-electron chi connectivity index (χ0n) is 17.8. The summed E-state index contributed by atoms with van der Waals surface area (Å²) < 4.78 is 32.8. The zero-order valence-corrected chi connectivity index (χ0v) is 20.9. The molecule has 0 atom stereocenters. The van der Waals surface area contributed by atoms with E-state index in [4.69, 9.17) is 39.5 Å². The van der Waals surface area contributed by atoms with Gasteiger partial charge in [0.15, 0.2) is 0 Å². The van der Waals surface area contributed by atoms with Gasteiger partial charge in [0.05, 0.1) is 11.5 Å². The molecule has 10 heteroatoms. The molecule has 0 spiro atoms. The number of hydrogen-bond donors (Lipinski definition) is 1. The van der Waals surface area contributed by atoms with Gasteiger partial charge in [-0.05, 0) is 67.6 Å². The van der Waals surface area contributed by atoms with Crippen LogP contribution in [0.2, 0.25) is 15.1 Å². The smallest absolute Gasteiger partial charge is 0.255 e. The van der Waals surface area contributed by atoms with Crippen LogP contribution in [0.5, 0.6) is 5.75 Å². The van der Waals surface area contributed by atoms with Crippen molar-refractivity contribution in [1.82, 2.24) is 4.31 Å². The Morgan fingerprint density at radius 1 is 0.939 bits per heavy atom. The van der Waals surface area contributed by atoms with Gasteiger partial charge in [0, 0.05) is 45.5 Å². The fourth-order valence-corrected chi connectivity index (χ4v) is 4.88. The van der Waals surface area contributed by atoms with Crippen LogP contribution >= 0.6 is 34.8 Å². The molecular formula is C23H21Cl3N2O4S. The van der Waals surface area contributed by atoms with Crippen LogP contribution in [0.25, 0.3) is 0 Å². The third-order valence-electron chi connectivity index (χ3n) is 4.66. The van der Waals surface area contributed by atoms with Gasteiger partial charge in [0.2, 0.25) is 10.0 Å². The Labute approximate surface area is 208 Å². The summed E-state index contributed by atoms with van der Waals surface area (Å²) in [5, 5.41) is 3.96. The fourth-order valence-electron chi connectivity index (χ4n) is 3.08. The molecule has 0 aromatic heterocycles. The van der Waals surface area contributed by atoms with Crippen molar-refractivity contribution in [3.8, 4) is 5.75 Å². The highest BCUT2D eigenvalue weighted by Gasteiger charge is 2.23. The Morgan fingerprint density at radius 3 is 2.18 bits per heavy atom. The van der Waals surface area contributed by atoms with Gasteiger partial charge in [-0.3, -0.25) is 4.79 Å². The predicted molar refractivity (Wildman–Crippen MR) is 132 cm³/mol. The van der Waals surface area contributed by atoms with Crippen molar-refractivity contribution >= 4 is 56.4 Å². The van der Waals surface area contributed by atoms with Gasteiger partial charge in [-0.1, -0.05) is 34.8 Å². The Kier molecular flexibility index (Phi) is 8.26. The quantitative estimate of drug-likeness (QED) is 0.383. The number of rotatable bonds is 8. The van der Waals surface area contributed by atoms with E-state index in [1.807, 2.05) is 6.92 Å². The first-order valence-electron chi connectivity index (χ1n) is 9.85. The summed E-state index contributed by atoms with van der Waals surface area (Å²) in [4.78, 5) is 12.9. The van der Waals surface area contributed by atoms with Crippen molar-refractivity contribution in [2.75, 3.05) is 19.0 Å². The van der Waals surface area contributed by atoms with E-state index in [0.717, 1.165) is 0 Å². The molecule has 3 rings (SSSR count). The Hall–Kier alpha value is -2.29. The molecular weight excluding hydrogens is 507 g/mol. The Morgan fingerprint density at radius 2 is 1.58 bits per heavy atom. The molecule has 33 heavy (non-hydrogen) atoms. The van der Waals surface area contributed by atoms with E-state index in [9.17, 15) is 13.2 Å².